The van der Waals surface area contributed by atoms with Crippen LogP contribution in [-0.2, 0) is 0 Å². The molecular weight excluding hydrogens is 134 g/mol. The number of hydrogen-bond acceptors (Lipinski definition) is 1. The van der Waals surface area contributed by atoms with E-state index in [1.54, 1.807) is 0 Å². The van der Waals surface area contributed by atoms with Crippen LogP contribution in [0.2, 0.25) is 0 Å². The van der Waals surface area contributed by atoms with Crippen LogP contribution in [0.1, 0.15) is 40.0 Å². The van der Waals surface area contributed by atoms with Crippen LogP contribution in [0.3, 0.4) is 0 Å². The summed E-state index contributed by atoms with van der Waals surface area (Å²) in [4.78, 5) is 0. The van der Waals surface area contributed by atoms with Crippen LogP contribution in [-0.4, -0.2) is 0 Å². The highest BCUT2D eigenvalue weighted by Gasteiger charge is 2.04. The lowest BCUT2D eigenvalue weighted by Crippen LogP contribution is -1.95. The van der Waals surface area contributed by atoms with Gasteiger partial charge in [0, 0.05) is 0 Å². The molecule has 1 heteroatoms. The van der Waals surface area contributed by atoms with Gasteiger partial charge in [-0.2, -0.15) is 5.26 Å². The maximum absolute atomic E-state index is 8.70. The molecule has 1 nitrogen and oxygen atoms in total. The molecule has 0 spiro atoms. The molecule has 0 saturated carbocycles. The lowest BCUT2D eigenvalue weighted by atomic mass is 9.98. The summed E-state index contributed by atoms with van der Waals surface area (Å²) in [5.74, 6) is 0.140. The standard InChI is InChI=1S/C10H17N/c1-4-6-7-9(3)10(5-2)8-11/h7,10H,4-6H2,1-3H3/b9-7-/t10-/m0/s1. The summed E-state index contributed by atoms with van der Waals surface area (Å²) in [6.07, 6.45) is 5.38. The molecule has 0 N–H and O–H groups in total. The van der Waals surface area contributed by atoms with Crippen LogP contribution < -0.4 is 0 Å². The molecule has 0 radical (unpaired) electrons. The normalized spacial score (nSPS) is 14.2. The zero-order valence-electron chi connectivity index (χ0n) is 7.72. The number of unbranched alkanes of at least 4 members (excludes halogenated alkanes) is 1. The molecule has 0 aromatic rings. The zero-order valence-corrected chi connectivity index (χ0v) is 7.72. The Labute approximate surface area is 69.7 Å². The molecule has 0 aliphatic heterocycles. The molecule has 0 rings (SSSR count). The molecule has 62 valence electrons. The van der Waals surface area contributed by atoms with Gasteiger partial charge in [0.1, 0.15) is 0 Å². The maximum Gasteiger partial charge on any atom is 0.0700 e. The Morgan fingerprint density at radius 1 is 1.55 bits per heavy atom. The molecule has 0 aromatic heterocycles. The first-order valence-corrected chi connectivity index (χ1v) is 4.32. The van der Waals surface area contributed by atoms with Crippen molar-refractivity contribution in [2.24, 2.45) is 5.92 Å². The molecule has 11 heavy (non-hydrogen) atoms. The van der Waals surface area contributed by atoms with E-state index < -0.39 is 0 Å². The largest absolute Gasteiger partial charge is 0.198 e. The highest BCUT2D eigenvalue weighted by molar-refractivity contribution is 5.11. The third-order valence-corrected chi connectivity index (χ3v) is 1.87. The Kier molecular flexibility index (Phi) is 5.56. The van der Waals surface area contributed by atoms with Crippen LogP contribution >= 0.6 is 0 Å². The molecule has 0 unspecified atom stereocenters. The molecule has 0 fully saturated rings. The Bertz CT molecular complexity index is 162. The zero-order chi connectivity index (χ0) is 8.69. The topological polar surface area (TPSA) is 23.8 Å². The van der Waals surface area contributed by atoms with Crippen molar-refractivity contribution in [2.45, 2.75) is 40.0 Å². The average molecular weight is 151 g/mol. The highest BCUT2D eigenvalue weighted by Crippen LogP contribution is 2.13. The van der Waals surface area contributed by atoms with Gasteiger partial charge in [-0.3, -0.25) is 0 Å². The summed E-state index contributed by atoms with van der Waals surface area (Å²) < 4.78 is 0. The second-order valence-electron chi connectivity index (χ2n) is 2.83. The van der Waals surface area contributed by atoms with Crippen LogP contribution in [0, 0.1) is 17.2 Å². The smallest absolute Gasteiger partial charge is 0.0700 e. The van der Waals surface area contributed by atoms with Crippen LogP contribution in [0.15, 0.2) is 11.6 Å². The van der Waals surface area contributed by atoms with Crippen molar-refractivity contribution in [3.05, 3.63) is 11.6 Å². The van der Waals surface area contributed by atoms with E-state index in [9.17, 15) is 0 Å². The molecule has 0 aliphatic rings. The first-order chi connectivity index (χ1) is 5.26. The summed E-state index contributed by atoms with van der Waals surface area (Å²) in [6, 6.07) is 2.29. The van der Waals surface area contributed by atoms with Crippen molar-refractivity contribution in [1.29, 1.82) is 5.26 Å². The van der Waals surface area contributed by atoms with Crippen LogP contribution in [0.4, 0.5) is 0 Å². The predicted molar refractivity (Wildman–Crippen MR) is 48.1 cm³/mol. The summed E-state index contributed by atoms with van der Waals surface area (Å²) in [7, 11) is 0. The van der Waals surface area contributed by atoms with E-state index in [0.717, 1.165) is 12.8 Å². The Balaban J connectivity index is 3.99. The van der Waals surface area contributed by atoms with Gasteiger partial charge in [0.25, 0.3) is 0 Å². The van der Waals surface area contributed by atoms with Gasteiger partial charge in [0.05, 0.1) is 12.0 Å². The molecule has 0 saturated heterocycles. The molecular formula is C10H17N. The second-order valence-corrected chi connectivity index (χ2v) is 2.83. The van der Waals surface area contributed by atoms with Gasteiger partial charge in [0.2, 0.25) is 0 Å². The minimum atomic E-state index is 0.140. The van der Waals surface area contributed by atoms with Gasteiger partial charge < -0.3 is 0 Å². The van der Waals surface area contributed by atoms with Crippen LogP contribution in [0.25, 0.3) is 0 Å². The monoisotopic (exact) mass is 151 g/mol. The van der Waals surface area contributed by atoms with Gasteiger partial charge in [-0.15, -0.1) is 0 Å². The number of allylic oxidation sites excluding steroid dienone is 2. The predicted octanol–water partition coefficient (Wildman–Crippen LogP) is 3.28. The summed E-state index contributed by atoms with van der Waals surface area (Å²) in [5, 5.41) is 8.70. The Hall–Kier alpha value is -0.770. The van der Waals surface area contributed by atoms with E-state index in [-0.39, 0.29) is 5.92 Å². The number of hydrogen-bond donors (Lipinski definition) is 0. The summed E-state index contributed by atoms with van der Waals surface area (Å²) in [5.41, 5.74) is 1.23. The third-order valence-electron chi connectivity index (χ3n) is 1.87. The first-order valence-electron chi connectivity index (χ1n) is 4.32. The van der Waals surface area contributed by atoms with Gasteiger partial charge in [-0.1, -0.05) is 31.9 Å². The van der Waals surface area contributed by atoms with E-state index >= 15 is 0 Å². The lowest BCUT2D eigenvalue weighted by Gasteiger charge is -2.04. The molecule has 0 heterocycles. The van der Waals surface area contributed by atoms with Gasteiger partial charge in [-0.05, 0) is 19.8 Å². The fraction of sp³-hybridized carbons (Fsp3) is 0.700. The van der Waals surface area contributed by atoms with Crippen molar-refractivity contribution in [3.8, 4) is 6.07 Å². The fourth-order valence-electron chi connectivity index (χ4n) is 1.03. The molecule has 0 aromatic carbocycles. The third kappa shape index (κ3) is 3.83. The second kappa shape index (κ2) is 5.97. The molecule has 0 aliphatic carbocycles. The molecule has 0 amide bonds. The lowest BCUT2D eigenvalue weighted by molar-refractivity contribution is 0.732. The molecule has 1 atom stereocenters. The quantitative estimate of drug-likeness (QED) is 0.566. The summed E-state index contributed by atoms with van der Waals surface area (Å²) >= 11 is 0. The van der Waals surface area contributed by atoms with E-state index in [2.05, 4.69) is 26.0 Å². The number of nitrogens with zero attached hydrogens (tertiary/aromatic N) is 1. The summed E-state index contributed by atoms with van der Waals surface area (Å²) in [6.45, 7) is 6.25. The van der Waals surface area contributed by atoms with Crippen molar-refractivity contribution in [1.82, 2.24) is 0 Å². The van der Waals surface area contributed by atoms with Crippen molar-refractivity contribution in [3.63, 3.8) is 0 Å². The van der Waals surface area contributed by atoms with Crippen molar-refractivity contribution in [2.75, 3.05) is 0 Å². The number of nitriles is 1. The number of rotatable bonds is 4. The van der Waals surface area contributed by atoms with Gasteiger partial charge in [-0.25, -0.2) is 0 Å². The average Bonchev–Trinajstić information content (AvgIpc) is 2.03. The Morgan fingerprint density at radius 3 is 2.55 bits per heavy atom. The Morgan fingerprint density at radius 2 is 2.18 bits per heavy atom. The van der Waals surface area contributed by atoms with E-state index in [4.69, 9.17) is 5.26 Å². The van der Waals surface area contributed by atoms with Crippen molar-refractivity contribution < 1.29 is 0 Å². The SMILES string of the molecule is CCC/C=C(/C)[C@H](C#N)CC. The highest BCUT2D eigenvalue weighted by atomic mass is 14.3. The van der Waals surface area contributed by atoms with Gasteiger partial charge >= 0.3 is 0 Å². The van der Waals surface area contributed by atoms with Gasteiger partial charge in [0.15, 0.2) is 0 Å². The van der Waals surface area contributed by atoms with E-state index in [0.29, 0.717) is 0 Å². The van der Waals surface area contributed by atoms with Crippen LogP contribution in [0.5, 0.6) is 0 Å². The van der Waals surface area contributed by atoms with E-state index in [1.807, 2.05) is 6.92 Å². The molecule has 0 bridgehead atoms. The first kappa shape index (κ1) is 10.2. The minimum Gasteiger partial charge on any atom is -0.198 e. The fourth-order valence-corrected chi connectivity index (χ4v) is 1.03. The minimum absolute atomic E-state index is 0.140. The maximum atomic E-state index is 8.70. The van der Waals surface area contributed by atoms with E-state index in [1.165, 1.54) is 12.0 Å². The van der Waals surface area contributed by atoms with Crippen molar-refractivity contribution >= 4 is 0 Å².